The largest absolute Gasteiger partial charge is 0.496 e. The van der Waals surface area contributed by atoms with Crippen LogP contribution in [0.25, 0.3) is 0 Å². The van der Waals surface area contributed by atoms with Crippen molar-refractivity contribution < 1.29 is 19.1 Å². The van der Waals surface area contributed by atoms with E-state index in [-0.39, 0.29) is 11.5 Å². The minimum atomic E-state index is -1.27. The van der Waals surface area contributed by atoms with E-state index in [9.17, 15) is 9.90 Å². The maximum absolute atomic E-state index is 12.5. The third-order valence-electron chi connectivity index (χ3n) is 4.03. The number of hydrogen-bond acceptors (Lipinski definition) is 4. The van der Waals surface area contributed by atoms with E-state index in [0.717, 1.165) is 11.1 Å². The van der Waals surface area contributed by atoms with Crippen molar-refractivity contribution in [2.24, 2.45) is 0 Å². The van der Waals surface area contributed by atoms with Gasteiger partial charge in [-0.25, -0.2) is 0 Å². The quantitative estimate of drug-likeness (QED) is 0.867. The number of carbonyl (C=O) groups is 1. The summed E-state index contributed by atoms with van der Waals surface area (Å²) < 4.78 is 10.6. The predicted molar refractivity (Wildman–Crippen MR) is 73.3 cm³/mol. The number of fused-ring (bicyclic) bond motifs is 2. The molecule has 1 aromatic carbocycles. The lowest BCUT2D eigenvalue weighted by molar-refractivity contribution is 0.0822. The maximum atomic E-state index is 12.5. The van der Waals surface area contributed by atoms with Crippen LogP contribution in [0.4, 0.5) is 0 Å². The zero-order chi connectivity index (χ0) is 14.7. The Labute approximate surface area is 117 Å². The molecular weight excluding hydrogens is 256 g/mol. The van der Waals surface area contributed by atoms with Crippen molar-refractivity contribution in [3.63, 3.8) is 0 Å². The highest BCUT2D eigenvalue weighted by Gasteiger charge is 2.43. The van der Waals surface area contributed by atoms with Gasteiger partial charge >= 0.3 is 0 Å². The maximum Gasteiger partial charge on any atom is 0.229 e. The standard InChI is InChI=1S/C16H16O4/c1-8-7-20-15-12(8)16(3,18)13-9(2)11(19-4)6-5-10(13)14(15)17/h5-7,18H,1-4H3/t16-/m1/s1. The van der Waals surface area contributed by atoms with Gasteiger partial charge in [0.2, 0.25) is 5.78 Å². The van der Waals surface area contributed by atoms with E-state index < -0.39 is 5.60 Å². The summed E-state index contributed by atoms with van der Waals surface area (Å²) >= 11 is 0. The summed E-state index contributed by atoms with van der Waals surface area (Å²) in [4.78, 5) is 12.5. The summed E-state index contributed by atoms with van der Waals surface area (Å²) in [6, 6.07) is 3.42. The molecule has 4 heteroatoms. The van der Waals surface area contributed by atoms with E-state index >= 15 is 0 Å². The number of ketones is 1. The minimum Gasteiger partial charge on any atom is -0.496 e. The smallest absolute Gasteiger partial charge is 0.229 e. The molecule has 1 aliphatic carbocycles. The fraction of sp³-hybridized carbons (Fsp3) is 0.312. The van der Waals surface area contributed by atoms with Crippen molar-refractivity contribution >= 4 is 5.78 Å². The average Bonchev–Trinajstić information content (AvgIpc) is 2.79. The lowest BCUT2D eigenvalue weighted by Gasteiger charge is -2.32. The lowest BCUT2D eigenvalue weighted by Crippen LogP contribution is -2.33. The summed E-state index contributed by atoms with van der Waals surface area (Å²) in [5, 5.41) is 11.0. The first kappa shape index (κ1) is 12.9. The highest BCUT2D eigenvalue weighted by atomic mass is 16.5. The molecule has 1 N–H and O–H groups in total. The molecule has 1 heterocycles. The first-order valence-corrected chi connectivity index (χ1v) is 6.43. The Kier molecular flexibility index (Phi) is 2.56. The molecule has 0 amide bonds. The molecule has 0 fully saturated rings. The number of carbonyl (C=O) groups excluding carboxylic acids is 1. The summed E-state index contributed by atoms with van der Waals surface area (Å²) in [6.07, 6.45) is 1.51. The fourth-order valence-corrected chi connectivity index (χ4v) is 3.19. The molecule has 0 radical (unpaired) electrons. The Morgan fingerprint density at radius 1 is 1.25 bits per heavy atom. The summed E-state index contributed by atoms with van der Waals surface area (Å²) in [7, 11) is 1.57. The summed E-state index contributed by atoms with van der Waals surface area (Å²) in [6.45, 7) is 5.36. The molecule has 1 aliphatic rings. The van der Waals surface area contributed by atoms with Crippen molar-refractivity contribution in [3.05, 3.63) is 52.0 Å². The molecule has 1 aromatic heterocycles. The van der Waals surface area contributed by atoms with Gasteiger partial charge in [0, 0.05) is 16.7 Å². The van der Waals surface area contributed by atoms with Crippen LogP contribution < -0.4 is 4.74 Å². The van der Waals surface area contributed by atoms with Crippen LogP contribution in [0.3, 0.4) is 0 Å². The van der Waals surface area contributed by atoms with Gasteiger partial charge in [0.15, 0.2) is 5.76 Å². The average molecular weight is 272 g/mol. The Morgan fingerprint density at radius 2 is 1.95 bits per heavy atom. The van der Waals surface area contributed by atoms with Gasteiger partial charge in [-0.15, -0.1) is 0 Å². The fourth-order valence-electron chi connectivity index (χ4n) is 3.19. The Bertz CT molecular complexity index is 722. The molecule has 20 heavy (non-hydrogen) atoms. The van der Waals surface area contributed by atoms with Crippen molar-refractivity contribution in [2.45, 2.75) is 26.4 Å². The topological polar surface area (TPSA) is 59.7 Å². The van der Waals surface area contributed by atoms with Crippen LogP contribution in [-0.2, 0) is 5.60 Å². The molecule has 3 rings (SSSR count). The van der Waals surface area contributed by atoms with E-state index in [2.05, 4.69) is 0 Å². The predicted octanol–water partition coefficient (Wildman–Crippen LogP) is 2.71. The third-order valence-corrected chi connectivity index (χ3v) is 4.03. The second-order valence-corrected chi connectivity index (χ2v) is 5.34. The second kappa shape index (κ2) is 3.96. The number of furan rings is 1. The molecule has 104 valence electrons. The van der Waals surface area contributed by atoms with Gasteiger partial charge in [0.1, 0.15) is 11.4 Å². The van der Waals surface area contributed by atoms with Crippen LogP contribution >= 0.6 is 0 Å². The van der Waals surface area contributed by atoms with Gasteiger partial charge in [-0.1, -0.05) is 0 Å². The van der Waals surface area contributed by atoms with Gasteiger partial charge in [-0.05, 0) is 44.0 Å². The molecule has 4 nitrogen and oxygen atoms in total. The van der Waals surface area contributed by atoms with Crippen LogP contribution in [0, 0.1) is 13.8 Å². The Balaban J connectivity index is 2.40. The van der Waals surface area contributed by atoms with Crippen LogP contribution in [0.5, 0.6) is 5.75 Å². The number of methoxy groups -OCH3 is 1. The molecule has 0 spiro atoms. The zero-order valence-corrected chi connectivity index (χ0v) is 11.9. The molecule has 0 aliphatic heterocycles. The molecule has 1 atom stereocenters. The molecule has 0 saturated heterocycles. The minimum absolute atomic E-state index is 0.194. The lowest BCUT2D eigenvalue weighted by atomic mass is 9.75. The highest BCUT2D eigenvalue weighted by Crippen LogP contribution is 2.45. The van der Waals surface area contributed by atoms with E-state index in [0.29, 0.717) is 22.4 Å². The number of hydrogen-bond donors (Lipinski definition) is 1. The summed E-state index contributed by atoms with van der Waals surface area (Å²) in [5.74, 6) is 0.686. The van der Waals surface area contributed by atoms with Crippen molar-refractivity contribution in [3.8, 4) is 5.75 Å². The van der Waals surface area contributed by atoms with Crippen molar-refractivity contribution in [1.82, 2.24) is 0 Å². The van der Waals surface area contributed by atoms with E-state index in [1.54, 1.807) is 26.2 Å². The van der Waals surface area contributed by atoms with Crippen LogP contribution in [0.15, 0.2) is 22.8 Å². The molecule has 2 aromatic rings. The van der Waals surface area contributed by atoms with Gasteiger partial charge < -0.3 is 14.3 Å². The van der Waals surface area contributed by atoms with Crippen molar-refractivity contribution in [1.29, 1.82) is 0 Å². The first-order valence-electron chi connectivity index (χ1n) is 6.43. The number of aryl methyl sites for hydroxylation is 1. The van der Waals surface area contributed by atoms with Gasteiger partial charge in [0.25, 0.3) is 0 Å². The normalized spacial score (nSPS) is 20.6. The summed E-state index contributed by atoms with van der Waals surface area (Å²) in [5.41, 5.74) is 1.88. The molecular formula is C16H16O4. The van der Waals surface area contributed by atoms with Gasteiger partial charge in [0.05, 0.1) is 13.4 Å². The van der Waals surface area contributed by atoms with E-state index in [1.165, 1.54) is 6.26 Å². The number of ether oxygens (including phenoxy) is 1. The van der Waals surface area contributed by atoms with E-state index in [4.69, 9.17) is 9.15 Å². The Morgan fingerprint density at radius 3 is 2.60 bits per heavy atom. The number of aliphatic hydroxyl groups is 1. The zero-order valence-electron chi connectivity index (χ0n) is 11.9. The molecule has 0 bridgehead atoms. The molecule has 0 saturated carbocycles. The SMILES string of the molecule is COc1ccc2c(c1C)[C@](C)(O)c1c(C)coc1C2=O. The van der Waals surface area contributed by atoms with Crippen LogP contribution in [0.2, 0.25) is 0 Å². The molecule has 0 unspecified atom stereocenters. The Hall–Kier alpha value is -2.07. The van der Waals surface area contributed by atoms with Gasteiger partial charge in [-0.2, -0.15) is 0 Å². The van der Waals surface area contributed by atoms with Crippen LogP contribution in [0.1, 0.15) is 45.3 Å². The number of rotatable bonds is 1. The van der Waals surface area contributed by atoms with Gasteiger partial charge in [-0.3, -0.25) is 4.79 Å². The highest BCUT2D eigenvalue weighted by molar-refractivity contribution is 6.11. The van der Waals surface area contributed by atoms with E-state index in [1.807, 2.05) is 13.8 Å². The monoisotopic (exact) mass is 272 g/mol. The van der Waals surface area contributed by atoms with Crippen molar-refractivity contribution in [2.75, 3.05) is 7.11 Å². The number of benzene rings is 1. The van der Waals surface area contributed by atoms with Crippen LogP contribution in [-0.4, -0.2) is 18.0 Å². The first-order chi connectivity index (χ1) is 9.39. The third kappa shape index (κ3) is 1.42. The second-order valence-electron chi connectivity index (χ2n) is 5.34.